The summed E-state index contributed by atoms with van der Waals surface area (Å²) in [7, 11) is 1.98. The maximum atomic E-state index is 5.91. The van der Waals surface area contributed by atoms with E-state index in [0.29, 0.717) is 5.65 Å². The Kier molecular flexibility index (Phi) is 3.23. The quantitative estimate of drug-likeness (QED) is 0.740. The fourth-order valence-corrected chi connectivity index (χ4v) is 2.12. The fraction of sp³-hybridized carbons (Fsp3) is 0.231. The van der Waals surface area contributed by atoms with Gasteiger partial charge in [0.05, 0.1) is 6.04 Å². The number of halogens is 1. The summed E-state index contributed by atoms with van der Waals surface area (Å²) < 4.78 is 1.42. The van der Waals surface area contributed by atoms with Gasteiger partial charge in [-0.15, -0.1) is 14.8 Å². The number of rotatable bonds is 3. The Morgan fingerprint density at radius 1 is 1.15 bits per heavy atom. The molecule has 0 amide bonds. The Hall–Kier alpha value is -2.21. The van der Waals surface area contributed by atoms with Gasteiger partial charge in [0, 0.05) is 12.1 Å². The van der Waals surface area contributed by atoms with Crippen molar-refractivity contribution in [3.63, 3.8) is 0 Å². The summed E-state index contributed by atoms with van der Waals surface area (Å²) in [6.45, 7) is 2.11. The van der Waals surface area contributed by atoms with E-state index in [2.05, 4.69) is 32.4 Å². The van der Waals surface area contributed by atoms with Crippen molar-refractivity contribution in [2.24, 2.45) is 0 Å². The molecule has 0 saturated heterocycles. The molecule has 0 aliphatic heterocycles. The van der Waals surface area contributed by atoms with Crippen molar-refractivity contribution in [2.75, 3.05) is 11.9 Å². The van der Waals surface area contributed by atoms with Crippen molar-refractivity contribution < 1.29 is 0 Å². The highest BCUT2D eigenvalue weighted by atomic mass is 35.5. The minimum atomic E-state index is 0.161. The largest absolute Gasteiger partial charge is 0.351 e. The van der Waals surface area contributed by atoms with Crippen LogP contribution in [0, 0.1) is 0 Å². The Labute approximate surface area is 121 Å². The number of hydrogen-bond donors (Lipinski definition) is 0. The molecule has 0 saturated carbocycles. The predicted molar refractivity (Wildman–Crippen MR) is 76.8 cm³/mol. The molecule has 0 unspecified atom stereocenters. The molecule has 3 aromatic rings. The van der Waals surface area contributed by atoms with Crippen LogP contribution >= 0.6 is 11.6 Å². The van der Waals surface area contributed by atoms with Gasteiger partial charge in [0.25, 0.3) is 0 Å². The molecule has 3 rings (SSSR count). The number of hydrogen-bond acceptors (Lipinski definition) is 5. The molecule has 20 heavy (non-hydrogen) atoms. The van der Waals surface area contributed by atoms with Gasteiger partial charge in [-0.05, 0) is 47.2 Å². The van der Waals surface area contributed by atoms with Gasteiger partial charge in [-0.25, -0.2) is 0 Å². The molecule has 0 aliphatic rings. The van der Waals surface area contributed by atoms with Gasteiger partial charge in [0.15, 0.2) is 11.5 Å². The van der Waals surface area contributed by atoms with Crippen molar-refractivity contribution in [3.05, 3.63) is 47.0 Å². The molecule has 0 bridgehead atoms. The molecular weight excluding hydrogens is 276 g/mol. The fourth-order valence-electron chi connectivity index (χ4n) is 1.99. The topological polar surface area (TPSA) is 59.2 Å². The Morgan fingerprint density at radius 3 is 2.65 bits per heavy atom. The second-order valence-corrected chi connectivity index (χ2v) is 4.99. The number of anilines is 1. The summed E-state index contributed by atoms with van der Waals surface area (Å²) in [6.07, 6.45) is 0. The average Bonchev–Trinajstić information content (AvgIpc) is 2.94. The van der Waals surface area contributed by atoms with Crippen LogP contribution in [-0.4, -0.2) is 32.3 Å². The highest BCUT2D eigenvalue weighted by molar-refractivity contribution is 6.30. The first-order chi connectivity index (χ1) is 9.65. The number of aromatic nitrogens is 5. The van der Waals surface area contributed by atoms with Crippen LogP contribution < -0.4 is 4.90 Å². The van der Waals surface area contributed by atoms with Gasteiger partial charge in [-0.3, -0.25) is 0 Å². The van der Waals surface area contributed by atoms with Crippen LogP contribution in [-0.2, 0) is 0 Å². The molecule has 0 N–H and O–H groups in total. The van der Waals surface area contributed by atoms with E-state index in [0.717, 1.165) is 16.4 Å². The third-order valence-corrected chi connectivity index (χ3v) is 3.60. The molecule has 102 valence electrons. The lowest BCUT2D eigenvalue weighted by Crippen LogP contribution is -2.23. The molecule has 2 heterocycles. The van der Waals surface area contributed by atoms with E-state index >= 15 is 0 Å². The van der Waals surface area contributed by atoms with E-state index < -0.39 is 0 Å². The SMILES string of the molecule is C[C@@H](c1ccc(Cl)cc1)N(C)c1ccc2nnnn2n1. The lowest BCUT2D eigenvalue weighted by atomic mass is 10.1. The van der Waals surface area contributed by atoms with E-state index in [1.54, 1.807) is 0 Å². The van der Waals surface area contributed by atoms with Gasteiger partial charge < -0.3 is 4.90 Å². The molecule has 0 aliphatic carbocycles. The number of benzene rings is 1. The molecule has 2 aromatic heterocycles. The van der Waals surface area contributed by atoms with E-state index in [1.807, 2.05) is 43.4 Å². The van der Waals surface area contributed by atoms with Crippen LogP contribution in [0.4, 0.5) is 5.82 Å². The molecule has 1 atom stereocenters. The first-order valence-corrected chi connectivity index (χ1v) is 6.56. The lowest BCUT2D eigenvalue weighted by molar-refractivity contribution is 0.684. The van der Waals surface area contributed by atoms with Gasteiger partial charge in [-0.1, -0.05) is 23.7 Å². The maximum absolute atomic E-state index is 5.91. The number of fused-ring (bicyclic) bond motifs is 1. The zero-order chi connectivity index (χ0) is 14.1. The molecule has 1 aromatic carbocycles. The Bertz CT molecular complexity index is 723. The standard InChI is InChI=1S/C13H13ClN6/c1-9(10-3-5-11(14)6-4-10)19(2)13-8-7-12-15-17-18-20(12)16-13/h3-9H,1-2H3/t9-/m0/s1. The summed E-state index contributed by atoms with van der Waals surface area (Å²) in [4.78, 5) is 2.06. The minimum absolute atomic E-state index is 0.161. The van der Waals surface area contributed by atoms with E-state index in [-0.39, 0.29) is 6.04 Å². The summed E-state index contributed by atoms with van der Waals surface area (Å²) in [5.74, 6) is 0.798. The number of nitrogens with zero attached hydrogens (tertiary/aromatic N) is 6. The lowest BCUT2D eigenvalue weighted by Gasteiger charge is -2.26. The summed E-state index contributed by atoms with van der Waals surface area (Å²) in [6, 6.07) is 11.7. The van der Waals surface area contributed by atoms with Crippen LogP contribution in [0.3, 0.4) is 0 Å². The second kappa shape index (κ2) is 5.05. The first kappa shape index (κ1) is 12.8. The van der Waals surface area contributed by atoms with Gasteiger partial charge >= 0.3 is 0 Å². The van der Waals surface area contributed by atoms with Crippen LogP contribution in [0.1, 0.15) is 18.5 Å². The second-order valence-electron chi connectivity index (χ2n) is 4.56. The molecule has 0 spiro atoms. The maximum Gasteiger partial charge on any atom is 0.200 e. The van der Waals surface area contributed by atoms with Crippen LogP contribution in [0.25, 0.3) is 5.65 Å². The van der Waals surface area contributed by atoms with Crippen molar-refractivity contribution in [1.29, 1.82) is 0 Å². The smallest absolute Gasteiger partial charge is 0.200 e. The van der Waals surface area contributed by atoms with Crippen molar-refractivity contribution in [2.45, 2.75) is 13.0 Å². The average molecular weight is 289 g/mol. The molecule has 7 heteroatoms. The van der Waals surface area contributed by atoms with Crippen molar-refractivity contribution >= 4 is 23.1 Å². The van der Waals surface area contributed by atoms with Crippen LogP contribution in [0.5, 0.6) is 0 Å². The first-order valence-electron chi connectivity index (χ1n) is 6.19. The third kappa shape index (κ3) is 2.30. The molecule has 6 nitrogen and oxygen atoms in total. The third-order valence-electron chi connectivity index (χ3n) is 3.35. The molecular formula is C13H13ClN6. The Balaban J connectivity index is 1.90. The van der Waals surface area contributed by atoms with Crippen LogP contribution in [0.15, 0.2) is 36.4 Å². The number of tetrazole rings is 1. The minimum Gasteiger partial charge on any atom is -0.351 e. The van der Waals surface area contributed by atoms with E-state index in [1.165, 1.54) is 4.63 Å². The monoisotopic (exact) mass is 288 g/mol. The molecule has 0 radical (unpaired) electrons. The normalized spacial score (nSPS) is 12.6. The summed E-state index contributed by atoms with van der Waals surface area (Å²) >= 11 is 5.91. The Morgan fingerprint density at radius 2 is 1.90 bits per heavy atom. The van der Waals surface area contributed by atoms with E-state index in [4.69, 9.17) is 11.6 Å². The van der Waals surface area contributed by atoms with Crippen molar-refractivity contribution in [3.8, 4) is 0 Å². The van der Waals surface area contributed by atoms with Crippen molar-refractivity contribution in [1.82, 2.24) is 25.3 Å². The summed E-state index contributed by atoms with van der Waals surface area (Å²) in [5, 5.41) is 16.3. The van der Waals surface area contributed by atoms with Gasteiger partial charge in [0.2, 0.25) is 0 Å². The molecule has 0 fully saturated rings. The van der Waals surface area contributed by atoms with E-state index in [9.17, 15) is 0 Å². The van der Waals surface area contributed by atoms with Gasteiger partial charge in [0.1, 0.15) is 0 Å². The van der Waals surface area contributed by atoms with Gasteiger partial charge in [-0.2, -0.15) is 0 Å². The summed E-state index contributed by atoms with van der Waals surface area (Å²) in [5.41, 5.74) is 1.79. The zero-order valence-corrected chi connectivity index (χ0v) is 11.9. The zero-order valence-electron chi connectivity index (χ0n) is 11.1. The highest BCUT2D eigenvalue weighted by Gasteiger charge is 2.14. The van der Waals surface area contributed by atoms with Crippen LogP contribution in [0.2, 0.25) is 5.02 Å². The highest BCUT2D eigenvalue weighted by Crippen LogP contribution is 2.24. The predicted octanol–water partition coefficient (Wildman–Crippen LogP) is 2.37.